The van der Waals surface area contributed by atoms with Crippen LogP contribution in [0.4, 0.5) is 5.69 Å². The van der Waals surface area contributed by atoms with Gasteiger partial charge >= 0.3 is 5.97 Å². The first-order valence-corrected chi connectivity index (χ1v) is 8.84. The molecule has 1 aliphatic rings. The van der Waals surface area contributed by atoms with Gasteiger partial charge in [0.15, 0.2) is 0 Å². The maximum absolute atomic E-state index is 12.5. The van der Waals surface area contributed by atoms with Crippen LogP contribution in [0, 0.1) is 5.92 Å². The summed E-state index contributed by atoms with van der Waals surface area (Å²) in [5, 5.41) is 3.74. The summed E-state index contributed by atoms with van der Waals surface area (Å²) in [6, 6.07) is 4.54. The van der Waals surface area contributed by atoms with E-state index in [-0.39, 0.29) is 23.8 Å². The predicted molar refractivity (Wildman–Crippen MR) is 95.5 cm³/mol. The first kappa shape index (κ1) is 19.0. The van der Waals surface area contributed by atoms with Crippen LogP contribution in [0.2, 0.25) is 10.0 Å². The third-order valence-electron chi connectivity index (χ3n) is 4.19. The summed E-state index contributed by atoms with van der Waals surface area (Å²) >= 11 is 12.0. The third kappa shape index (κ3) is 4.85. The fourth-order valence-corrected chi connectivity index (χ4v) is 3.14. The lowest BCUT2D eigenvalue weighted by atomic mass is 9.97. The van der Waals surface area contributed by atoms with Crippen LogP contribution in [0.25, 0.3) is 0 Å². The highest BCUT2D eigenvalue weighted by molar-refractivity contribution is 6.35. The Morgan fingerprint density at radius 1 is 1.42 bits per heavy atom. The van der Waals surface area contributed by atoms with E-state index in [1.807, 2.05) is 11.8 Å². The van der Waals surface area contributed by atoms with Gasteiger partial charge in [-0.05, 0) is 51.4 Å². The molecule has 0 bridgehead atoms. The molecular weight excluding hydrogens is 351 g/mol. The molecule has 1 fully saturated rings. The topological polar surface area (TPSA) is 58.6 Å². The quantitative estimate of drug-likeness (QED) is 0.802. The summed E-state index contributed by atoms with van der Waals surface area (Å²) in [5.41, 5.74) is 0.486. The number of hydrogen-bond acceptors (Lipinski definition) is 4. The zero-order valence-electron chi connectivity index (χ0n) is 13.9. The zero-order chi connectivity index (χ0) is 17.7. The summed E-state index contributed by atoms with van der Waals surface area (Å²) in [7, 11) is 0. The molecule has 1 aromatic carbocycles. The number of amides is 1. The van der Waals surface area contributed by atoms with Crippen LogP contribution >= 0.6 is 23.2 Å². The van der Waals surface area contributed by atoms with Crippen molar-refractivity contribution in [3.63, 3.8) is 0 Å². The maximum atomic E-state index is 12.5. The van der Waals surface area contributed by atoms with Crippen molar-refractivity contribution in [1.82, 2.24) is 4.90 Å². The highest BCUT2D eigenvalue weighted by atomic mass is 35.5. The minimum Gasteiger partial charge on any atom is -0.466 e. The van der Waals surface area contributed by atoms with Gasteiger partial charge in [0.05, 0.1) is 29.3 Å². The lowest BCUT2D eigenvalue weighted by Crippen LogP contribution is -2.48. The molecule has 1 N–H and O–H groups in total. The lowest BCUT2D eigenvalue weighted by Gasteiger charge is -2.35. The standard InChI is InChI=1S/C17H22Cl2N2O3/c1-3-24-17(23)12-5-4-8-21(10-12)11(2)16(22)20-15-9-13(18)6-7-14(15)19/h6-7,9,11-12H,3-5,8,10H2,1-2H3,(H,20,22). The van der Waals surface area contributed by atoms with Crippen molar-refractivity contribution in [2.45, 2.75) is 32.7 Å². The molecule has 1 saturated heterocycles. The molecule has 1 amide bonds. The van der Waals surface area contributed by atoms with Crippen molar-refractivity contribution >= 4 is 40.8 Å². The molecule has 0 saturated carbocycles. The maximum Gasteiger partial charge on any atom is 0.310 e. The van der Waals surface area contributed by atoms with Gasteiger partial charge in [-0.25, -0.2) is 0 Å². The summed E-state index contributed by atoms with van der Waals surface area (Å²) < 4.78 is 5.10. The largest absolute Gasteiger partial charge is 0.466 e. The molecule has 1 aliphatic heterocycles. The Morgan fingerprint density at radius 2 is 2.17 bits per heavy atom. The monoisotopic (exact) mass is 372 g/mol. The summed E-state index contributed by atoms with van der Waals surface area (Å²) in [4.78, 5) is 26.4. The number of benzene rings is 1. The van der Waals surface area contributed by atoms with Crippen LogP contribution in [0.5, 0.6) is 0 Å². The van der Waals surface area contributed by atoms with Crippen LogP contribution in [0.15, 0.2) is 18.2 Å². The highest BCUT2D eigenvalue weighted by Crippen LogP contribution is 2.26. The van der Waals surface area contributed by atoms with Gasteiger partial charge in [0.1, 0.15) is 0 Å². The normalized spacial score (nSPS) is 19.6. The Morgan fingerprint density at radius 3 is 2.88 bits per heavy atom. The summed E-state index contributed by atoms with van der Waals surface area (Å²) in [6.07, 6.45) is 1.66. The molecule has 0 spiro atoms. The number of halogens is 2. The second-order valence-corrected chi connectivity index (χ2v) is 6.72. The second kappa shape index (κ2) is 8.70. The molecule has 2 unspecified atom stereocenters. The van der Waals surface area contributed by atoms with E-state index in [1.165, 1.54) is 0 Å². The van der Waals surface area contributed by atoms with Crippen molar-refractivity contribution in [1.29, 1.82) is 0 Å². The van der Waals surface area contributed by atoms with Crippen LogP contribution < -0.4 is 5.32 Å². The van der Waals surface area contributed by atoms with Crippen LogP contribution in [0.1, 0.15) is 26.7 Å². The summed E-state index contributed by atoms with van der Waals surface area (Å²) in [5.74, 6) is -0.542. The number of carbonyl (C=O) groups excluding carboxylic acids is 2. The highest BCUT2D eigenvalue weighted by Gasteiger charge is 2.31. The number of likely N-dealkylation sites (tertiary alicyclic amines) is 1. The molecule has 0 aliphatic carbocycles. The number of carbonyl (C=O) groups is 2. The number of nitrogens with one attached hydrogen (secondary N) is 1. The van der Waals surface area contributed by atoms with Crippen molar-refractivity contribution in [3.05, 3.63) is 28.2 Å². The number of rotatable bonds is 5. The van der Waals surface area contributed by atoms with Gasteiger partial charge in [0.2, 0.25) is 5.91 Å². The molecule has 5 nitrogen and oxygen atoms in total. The average Bonchev–Trinajstić information content (AvgIpc) is 2.57. The Balaban J connectivity index is 1.99. The van der Waals surface area contributed by atoms with Gasteiger partial charge in [-0.1, -0.05) is 23.2 Å². The van der Waals surface area contributed by atoms with E-state index in [9.17, 15) is 9.59 Å². The van der Waals surface area contributed by atoms with Crippen LogP contribution in [0.3, 0.4) is 0 Å². The minimum atomic E-state index is -0.378. The molecule has 1 heterocycles. The third-order valence-corrected chi connectivity index (χ3v) is 4.75. The van der Waals surface area contributed by atoms with E-state index in [0.717, 1.165) is 19.4 Å². The van der Waals surface area contributed by atoms with Gasteiger partial charge in [-0.15, -0.1) is 0 Å². The van der Waals surface area contributed by atoms with Crippen molar-refractivity contribution in [2.24, 2.45) is 5.92 Å². The molecule has 132 valence electrons. The Bertz CT molecular complexity index is 609. The Kier molecular flexibility index (Phi) is 6.90. The SMILES string of the molecule is CCOC(=O)C1CCCN(C(C)C(=O)Nc2cc(Cl)ccc2Cl)C1. The van der Waals surface area contributed by atoms with E-state index in [1.54, 1.807) is 25.1 Å². The van der Waals surface area contributed by atoms with Crippen LogP contribution in [-0.2, 0) is 14.3 Å². The smallest absolute Gasteiger partial charge is 0.310 e. The molecule has 7 heteroatoms. The van der Waals surface area contributed by atoms with Gasteiger partial charge in [-0.3, -0.25) is 14.5 Å². The molecule has 2 rings (SSSR count). The molecule has 0 aromatic heterocycles. The van der Waals surface area contributed by atoms with E-state index in [0.29, 0.717) is 28.9 Å². The van der Waals surface area contributed by atoms with Gasteiger partial charge in [0, 0.05) is 11.6 Å². The number of anilines is 1. The van der Waals surface area contributed by atoms with E-state index in [4.69, 9.17) is 27.9 Å². The molecule has 24 heavy (non-hydrogen) atoms. The van der Waals surface area contributed by atoms with Gasteiger partial charge in [-0.2, -0.15) is 0 Å². The van der Waals surface area contributed by atoms with Crippen molar-refractivity contribution in [3.8, 4) is 0 Å². The molecule has 2 atom stereocenters. The Labute approximate surface area is 152 Å². The molecule has 0 radical (unpaired) electrons. The van der Waals surface area contributed by atoms with Crippen molar-refractivity contribution < 1.29 is 14.3 Å². The van der Waals surface area contributed by atoms with E-state index < -0.39 is 0 Å². The average molecular weight is 373 g/mol. The number of esters is 1. The van der Waals surface area contributed by atoms with Gasteiger partial charge < -0.3 is 10.1 Å². The number of nitrogens with zero attached hydrogens (tertiary/aromatic N) is 1. The van der Waals surface area contributed by atoms with E-state index in [2.05, 4.69) is 5.32 Å². The minimum absolute atomic E-state index is 0.177. The first-order chi connectivity index (χ1) is 11.4. The first-order valence-electron chi connectivity index (χ1n) is 8.09. The number of piperidine rings is 1. The zero-order valence-corrected chi connectivity index (χ0v) is 15.4. The lowest BCUT2D eigenvalue weighted by molar-refractivity contribution is -0.150. The number of ether oxygens (including phenoxy) is 1. The van der Waals surface area contributed by atoms with Crippen LogP contribution in [-0.4, -0.2) is 42.5 Å². The fourth-order valence-electron chi connectivity index (χ4n) is 2.81. The predicted octanol–water partition coefficient (Wildman–Crippen LogP) is 3.60. The fraction of sp³-hybridized carbons (Fsp3) is 0.529. The van der Waals surface area contributed by atoms with Gasteiger partial charge in [0.25, 0.3) is 0 Å². The number of hydrogen-bond donors (Lipinski definition) is 1. The molecule has 1 aromatic rings. The summed E-state index contributed by atoms with van der Waals surface area (Å²) in [6.45, 7) is 5.29. The van der Waals surface area contributed by atoms with Crippen molar-refractivity contribution in [2.75, 3.05) is 25.0 Å². The molecular formula is C17H22Cl2N2O3. The Hall–Kier alpha value is -1.30. The second-order valence-electron chi connectivity index (χ2n) is 5.88. The van der Waals surface area contributed by atoms with E-state index >= 15 is 0 Å².